The first-order valence-electron chi connectivity index (χ1n) is 8.26. The highest BCUT2D eigenvalue weighted by molar-refractivity contribution is 5.91. The number of carbonyl (C=O) groups excluding carboxylic acids is 2. The molecule has 0 spiro atoms. The molecule has 1 aromatic carbocycles. The Morgan fingerprint density at radius 3 is 2.44 bits per heavy atom. The second kappa shape index (κ2) is 8.92. The van der Waals surface area contributed by atoms with Gasteiger partial charge in [0, 0.05) is 13.0 Å². The first-order chi connectivity index (χ1) is 12.0. The summed E-state index contributed by atoms with van der Waals surface area (Å²) >= 11 is 0. The van der Waals surface area contributed by atoms with Crippen molar-refractivity contribution in [3.63, 3.8) is 0 Å². The van der Waals surface area contributed by atoms with Gasteiger partial charge in [-0.2, -0.15) is 0 Å². The van der Waals surface area contributed by atoms with E-state index in [2.05, 4.69) is 10.6 Å². The highest BCUT2D eigenvalue weighted by Gasteiger charge is 2.18. The zero-order valence-electron chi connectivity index (χ0n) is 14.7. The van der Waals surface area contributed by atoms with Gasteiger partial charge in [-0.15, -0.1) is 0 Å². The lowest BCUT2D eigenvalue weighted by molar-refractivity contribution is -0.122. The number of ether oxygens (including phenoxy) is 1. The second-order valence-electron chi connectivity index (χ2n) is 6.05. The summed E-state index contributed by atoms with van der Waals surface area (Å²) in [6.45, 7) is 4.35. The van der Waals surface area contributed by atoms with Crippen molar-refractivity contribution in [2.24, 2.45) is 5.92 Å². The van der Waals surface area contributed by atoms with Crippen molar-refractivity contribution in [2.75, 3.05) is 13.7 Å². The van der Waals surface area contributed by atoms with Crippen molar-refractivity contribution < 1.29 is 18.7 Å². The number of amides is 2. The summed E-state index contributed by atoms with van der Waals surface area (Å²) < 4.78 is 10.2. The van der Waals surface area contributed by atoms with E-state index in [1.807, 2.05) is 38.1 Å². The minimum atomic E-state index is -0.326. The van der Waals surface area contributed by atoms with Crippen molar-refractivity contribution in [3.05, 3.63) is 54.0 Å². The predicted octanol–water partition coefficient (Wildman–Crippen LogP) is 2.92. The van der Waals surface area contributed by atoms with Crippen LogP contribution in [0.4, 0.5) is 0 Å². The van der Waals surface area contributed by atoms with Crippen molar-refractivity contribution in [3.8, 4) is 5.75 Å². The van der Waals surface area contributed by atoms with Gasteiger partial charge in [0.25, 0.3) is 5.91 Å². The summed E-state index contributed by atoms with van der Waals surface area (Å²) in [6, 6.07) is 10.8. The lowest BCUT2D eigenvalue weighted by Crippen LogP contribution is -2.34. The average Bonchev–Trinajstić information content (AvgIpc) is 3.14. The Hall–Kier alpha value is -2.76. The van der Waals surface area contributed by atoms with Crippen LogP contribution in [-0.2, 0) is 4.79 Å². The number of furan rings is 1. The number of methoxy groups -OCH3 is 1. The monoisotopic (exact) mass is 344 g/mol. The third kappa shape index (κ3) is 5.38. The fourth-order valence-corrected chi connectivity index (χ4v) is 2.48. The van der Waals surface area contributed by atoms with Crippen molar-refractivity contribution >= 4 is 11.8 Å². The molecule has 134 valence electrons. The normalized spacial score (nSPS) is 11.8. The molecule has 1 atom stereocenters. The highest BCUT2D eigenvalue weighted by Crippen LogP contribution is 2.23. The number of nitrogens with one attached hydrogen (secondary N) is 2. The van der Waals surface area contributed by atoms with Crippen LogP contribution in [0.2, 0.25) is 0 Å². The summed E-state index contributed by atoms with van der Waals surface area (Å²) in [5.41, 5.74) is 1.02. The molecule has 0 saturated heterocycles. The van der Waals surface area contributed by atoms with Crippen LogP contribution in [0.25, 0.3) is 0 Å². The van der Waals surface area contributed by atoms with Crippen LogP contribution in [0, 0.1) is 5.92 Å². The number of hydrogen-bond donors (Lipinski definition) is 2. The van der Waals surface area contributed by atoms with Crippen LogP contribution >= 0.6 is 0 Å². The molecule has 2 aromatic rings. The van der Waals surface area contributed by atoms with Crippen molar-refractivity contribution in [2.45, 2.75) is 26.3 Å². The van der Waals surface area contributed by atoms with E-state index >= 15 is 0 Å². The van der Waals surface area contributed by atoms with Crippen LogP contribution in [0.5, 0.6) is 5.75 Å². The molecular weight excluding hydrogens is 320 g/mol. The molecule has 6 heteroatoms. The molecular formula is C19H24N2O4. The Balaban J connectivity index is 1.86. The first kappa shape index (κ1) is 18.6. The summed E-state index contributed by atoms with van der Waals surface area (Å²) in [5.74, 6) is 0.801. The molecule has 0 fully saturated rings. The topological polar surface area (TPSA) is 80.6 Å². The SMILES string of the molecule is COc1ccc(C(NC(=O)CCNC(=O)c2ccco2)C(C)C)cc1. The molecule has 2 amide bonds. The molecule has 0 saturated carbocycles. The van der Waals surface area contributed by atoms with Crippen LogP contribution in [0.1, 0.15) is 42.4 Å². The molecule has 0 radical (unpaired) electrons. The lowest BCUT2D eigenvalue weighted by atomic mass is 9.96. The standard InChI is InChI=1S/C19H24N2O4/c1-13(2)18(14-6-8-15(24-3)9-7-14)21-17(22)10-11-20-19(23)16-5-4-12-25-16/h4-9,12-13,18H,10-11H2,1-3H3,(H,20,23)(H,21,22). The molecule has 1 aromatic heterocycles. The fraction of sp³-hybridized carbons (Fsp3) is 0.368. The number of benzene rings is 1. The van der Waals surface area contributed by atoms with E-state index in [0.29, 0.717) is 0 Å². The zero-order valence-corrected chi connectivity index (χ0v) is 14.7. The molecule has 1 unspecified atom stereocenters. The van der Waals surface area contributed by atoms with E-state index in [1.54, 1.807) is 19.2 Å². The van der Waals surface area contributed by atoms with Gasteiger partial charge in [0.15, 0.2) is 5.76 Å². The molecule has 0 aliphatic rings. The Morgan fingerprint density at radius 1 is 1.16 bits per heavy atom. The molecule has 2 N–H and O–H groups in total. The van der Waals surface area contributed by atoms with E-state index < -0.39 is 0 Å². The van der Waals surface area contributed by atoms with Gasteiger partial charge in [-0.25, -0.2) is 0 Å². The molecule has 25 heavy (non-hydrogen) atoms. The van der Waals surface area contributed by atoms with Gasteiger partial charge >= 0.3 is 0 Å². The van der Waals surface area contributed by atoms with Gasteiger partial charge in [0.2, 0.25) is 5.91 Å². The molecule has 2 rings (SSSR count). The maximum Gasteiger partial charge on any atom is 0.286 e. The van der Waals surface area contributed by atoms with Crippen LogP contribution in [0.15, 0.2) is 47.1 Å². The Morgan fingerprint density at radius 2 is 1.88 bits per heavy atom. The van der Waals surface area contributed by atoms with E-state index in [9.17, 15) is 9.59 Å². The lowest BCUT2D eigenvalue weighted by Gasteiger charge is -2.23. The fourth-order valence-electron chi connectivity index (χ4n) is 2.48. The minimum Gasteiger partial charge on any atom is -0.497 e. The van der Waals surface area contributed by atoms with Gasteiger partial charge < -0.3 is 19.8 Å². The third-order valence-corrected chi connectivity index (χ3v) is 3.84. The summed E-state index contributed by atoms with van der Waals surface area (Å²) in [6.07, 6.45) is 1.63. The number of hydrogen-bond acceptors (Lipinski definition) is 4. The molecule has 0 aliphatic heterocycles. The smallest absolute Gasteiger partial charge is 0.286 e. The average molecular weight is 344 g/mol. The second-order valence-corrected chi connectivity index (χ2v) is 6.05. The first-order valence-corrected chi connectivity index (χ1v) is 8.26. The van der Waals surface area contributed by atoms with Gasteiger partial charge in [0.05, 0.1) is 19.4 Å². The van der Waals surface area contributed by atoms with E-state index in [-0.39, 0.29) is 42.5 Å². The molecule has 6 nitrogen and oxygen atoms in total. The number of rotatable bonds is 8. The van der Waals surface area contributed by atoms with E-state index in [4.69, 9.17) is 9.15 Å². The van der Waals surface area contributed by atoms with Crippen molar-refractivity contribution in [1.82, 2.24) is 10.6 Å². The maximum absolute atomic E-state index is 12.2. The maximum atomic E-state index is 12.2. The predicted molar refractivity (Wildman–Crippen MR) is 94.4 cm³/mol. The molecule has 1 heterocycles. The Bertz CT molecular complexity index is 678. The molecule has 0 bridgehead atoms. The summed E-state index contributed by atoms with van der Waals surface area (Å²) in [5, 5.41) is 5.69. The summed E-state index contributed by atoms with van der Waals surface area (Å²) in [4.78, 5) is 24.0. The van der Waals surface area contributed by atoms with Gasteiger partial charge in [-0.1, -0.05) is 26.0 Å². The Labute approximate surface area is 147 Å². The summed E-state index contributed by atoms with van der Waals surface area (Å²) in [7, 11) is 1.62. The Kier molecular flexibility index (Phi) is 6.62. The van der Waals surface area contributed by atoms with Gasteiger partial charge in [0.1, 0.15) is 5.75 Å². The minimum absolute atomic E-state index is 0.0980. The third-order valence-electron chi connectivity index (χ3n) is 3.84. The quantitative estimate of drug-likeness (QED) is 0.771. The van der Waals surface area contributed by atoms with E-state index in [1.165, 1.54) is 6.26 Å². The van der Waals surface area contributed by atoms with Crippen molar-refractivity contribution in [1.29, 1.82) is 0 Å². The largest absolute Gasteiger partial charge is 0.497 e. The number of carbonyl (C=O) groups is 2. The van der Waals surface area contributed by atoms with Crippen LogP contribution in [0.3, 0.4) is 0 Å². The highest BCUT2D eigenvalue weighted by atomic mass is 16.5. The molecule has 0 aliphatic carbocycles. The van der Waals surface area contributed by atoms with E-state index in [0.717, 1.165) is 11.3 Å². The van der Waals surface area contributed by atoms with Gasteiger partial charge in [-0.05, 0) is 35.7 Å². The van der Waals surface area contributed by atoms with Gasteiger partial charge in [-0.3, -0.25) is 9.59 Å². The van der Waals surface area contributed by atoms with Crippen LogP contribution < -0.4 is 15.4 Å². The van der Waals surface area contributed by atoms with Crippen LogP contribution in [-0.4, -0.2) is 25.5 Å². The zero-order chi connectivity index (χ0) is 18.2.